The van der Waals surface area contributed by atoms with Crippen LogP contribution in [0.1, 0.15) is 10.4 Å². The van der Waals surface area contributed by atoms with E-state index in [9.17, 15) is 4.79 Å². The summed E-state index contributed by atoms with van der Waals surface area (Å²) in [6, 6.07) is 15.3. The highest BCUT2D eigenvalue weighted by molar-refractivity contribution is 7.99. The van der Waals surface area contributed by atoms with Gasteiger partial charge in [-0.25, -0.2) is 5.43 Å². The van der Waals surface area contributed by atoms with Crippen LogP contribution < -0.4 is 19.6 Å². The van der Waals surface area contributed by atoms with Crippen LogP contribution in [0.25, 0.3) is 17.1 Å². The molecule has 2 heterocycles. The zero-order chi connectivity index (χ0) is 25.5. The predicted octanol–water partition coefficient (Wildman–Crippen LogP) is 4.57. The number of ether oxygens (including phenoxy) is 3. The molecule has 2 aromatic heterocycles. The number of benzene rings is 2. The maximum Gasteiger partial charge on any atom is 0.250 e. The van der Waals surface area contributed by atoms with Gasteiger partial charge in [-0.1, -0.05) is 30.0 Å². The lowest BCUT2D eigenvalue weighted by atomic mass is 10.1. The normalized spacial score (nSPS) is 11.0. The standard InChI is InChI=1S/C25H25N5O4S2/c1-16-10-11-35-21(16)14-26-27-22(31)15-36-25-29-28-24(30(25)18-8-6-5-7-9-18)17-12-19(32-2)23(34-4)20(13-17)33-3/h5-14H,15H2,1-4H3,(H,27,31)/b26-14-. The first kappa shape index (κ1) is 25.3. The van der Waals surface area contributed by atoms with Crippen LogP contribution in [0.2, 0.25) is 0 Å². The SMILES string of the molecule is COc1cc(-c2nnc(SCC(=O)N/N=C\c3sccc3C)n2-c2ccccc2)cc(OC)c1OC. The van der Waals surface area contributed by atoms with Crippen molar-refractivity contribution in [2.45, 2.75) is 12.1 Å². The molecule has 0 aliphatic heterocycles. The lowest BCUT2D eigenvalue weighted by Gasteiger charge is -2.15. The Morgan fingerprint density at radius 2 is 1.81 bits per heavy atom. The van der Waals surface area contributed by atoms with Crippen molar-refractivity contribution in [3.05, 3.63) is 64.4 Å². The molecule has 0 radical (unpaired) electrons. The van der Waals surface area contributed by atoms with Gasteiger partial charge < -0.3 is 14.2 Å². The van der Waals surface area contributed by atoms with Gasteiger partial charge in [-0.3, -0.25) is 9.36 Å². The van der Waals surface area contributed by atoms with Crippen molar-refractivity contribution in [2.24, 2.45) is 5.10 Å². The van der Waals surface area contributed by atoms with Gasteiger partial charge in [-0.2, -0.15) is 5.10 Å². The molecule has 4 rings (SSSR count). The first-order valence-electron chi connectivity index (χ1n) is 10.9. The van der Waals surface area contributed by atoms with Crippen molar-refractivity contribution in [3.8, 4) is 34.3 Å². The molecule has 0 spiro atoms. The van der Waals surface area contributed by atoms with Crippen molar-refractivity contribution >= 4 is 35.2 Å². The quantitative estimate of drug-likeness (QED) is 0.185. The van der Waals surface area contributed by atoms with Crippen molar-refractivity contribution < 1.29 is 19.0 Å². The van der Waals surface area contributed by atoms with E-state index in [4.69, 9.17) is 14.2 Å². The van der Waals surface area contributed by atoms with Gasteiger partial charge in [0.1, 0.15) is 0 Å². The highest BCUT2D eigenvalue weighted by Gasteiger charge is 2.21. The summed E-state index contributed by atoms with van der Waals surface area (Å²) in [4.78, 5) is 13.4. The highest BCUT2D eigenvalue weighted by atomic mass is 32.2. The summed E-state index contributed by atoms with van der Waals surface area (Å²) in [6.07, 6.45) is 1.65. The number of para-hydroxylation sites is 1. The number of aryl methyl sites for hydroxylation is 1. The lowest BCUT2D eigenvalue weighted by Crippen LogP contribution is -2.20. The van der Waals surface area contributed by atoms with E-state index >= 15 is 0 Å². The van der Waals surface area contributed by atoms with Crippen molar-refractivity contribution in [2.75, 3.05) is 27.1 Å². The van der Waals surface area contributed by atoms with E-state index in [0.29, 0.717) is 33.8 Å². The van der Waals surface area contributed by atoms with Crippen LogP contribution in [0.3, 0.4) is 0 Å². The zero-order valence-corrected chi connectivity index (χ0v) is 21.9. The van der Waals surface area contributed by atoms with E-state index in [1.54, 1.807) is 38.9 Å². The van der Waals surface area contributed by atoms with E-state index < -0.39 is 0 Å². The second-order valence-electron chi connectivity index (χ2n) is 7.44. The molecule has 4 aromatic rings. The van der Waals surface area contributed by atoms with Crippen LogP contribution in [-0.2, 0) is 4.79 Å². The molecule has 9 nitrogen and oxygen atoms in total. The molecule has 36 heavy (non-hydrogen) atoms. The molecule has 0 aliphatic rings. The summed E-state index contributed by atoms with van der Waals surface area (Å²) < 4.78 is 18.4. The molecule has 0 fully saturated rings. The Labute approximate surface area is 217 Å². The van der Waals surface area contributed by atoms with Crippen LogP contribution in [0, 0.1) is 6.92 Å². The van der Waals surface area contributed by atoms with E-state index in [1.807, 2.05) is 65.4 Å². The Morgan fingerprint density at radius 1 is 1.08 bits per heavy atom. The second kappa shape index (κ2) is 11.7. The smallest absolute Gasteiger partial charge is 0.250 e. The minimum Gasteiger partial charge on any atom is -0.493 e. The molecule has 0 unspecified atom stereocenters. The fraction of sp³-hybridized carbons (Fsp3) is 0.200. The van der Waals surface area contributed by atoms with Gasteiger partial charge in [0.2, 0.25) is 5.75 Å². The van der Waals surface area contributed by atoms with E-state index in [0.717, 1.165) is 16.1 Å². The van der Waals surface area contributed by atoms with Crippen LogP contribution in [0.15, 0.2) is 64.2 Å². The predicted molar refractivity (Wildman–Crippen MR) is 142 cm³/mol. The number of hydrogen-bond donors (Lipinski definition) is 1. The molecular formula is C25H25N5O4S2. The summed E-state index contributed by atoms with van der Waals surface area (Å²) in [7, 11) is 4.67. The Morgan fingerprint density at radius 3 is 2.42 bits per heavy atom. The van der Waals surface area contributed by atoms with Crippen LogP contribution in [0.4, 0.5) is 0 Å². The molecule has 11 heteroatoms. The fourth-order valence-electron chi connectivity index (χ4n) is 3.41. The van der Waals surface area contributed by atoms with E-state index in [2.05, 4.69) is 20.7 Å². The van der Waals surface area contributed by atoms with Gasteiger partial charge in [0.05, 0.1) is 33.3 Å². The number of carbonyl (C=O) groups is 1. The van der Waals surface area contributed by atoms with Gasteiger partial charge in [0.15, 0.2) is 22.5 Å². The molecule has 186 valence electrons. The summed E-state index contributed by atoms with van der Waals surface area (Å²) in [6.45, 7) is 2.00. The zero-order valence-electron chi connectivity index (χ0n) is 20.2. The summed E-state index contributed by atoms with van der Waals surface area (Å²) in [5.74, 6) is 1.92. The number of thioether (sulfide) groups is 1. The van der Waals surface area contributed by atoms with Crippen LogP contribution >= 0.6 is 23.1 Å². The monoisotopic (exact) mass is 523 g/mol. The Bertz CT molecular complexity index is 1340. The minimum atomic E-state index is -0.248. The fourth-order valence-corrected chi connectivity index (χ4v) is 4.94. The molecule has 1 N–H and O–H groups in total. The van der Waals surface area contributed by atoms with Gasteiger partial charge in [-0.15, -0.1) is 21.5 Å². The molecule has 0 saturated heterocycles. The first-order valence-corrected chi connectivity index (χ1v) is 12.7. The number of hydrazone groups is 1. The number of carbonyl (C=O) groups excluding carboxylic acids is 1. The minimum absolute atomic E-state index is 0.112. The third-order valence-corrected chi connectivity index (χ3v) is 7.06. The number of thiophene rings is 1. The van der Waals surface area contributed by atoms with Gasteiger partial charge in [0.25, 0.3) is 5.91 Å². The largest absolute Gasteiger partial charge is 0.493 e. The maximum atomic E-state index is 12.4. The third-order valence-electron chi connectivity index (χ3n) is 5.18. The molecule has 1 amide bonds. The van der Waals surface area contributed by atoms with Gasteiger partial charge >= 0.3 is 0 Å². The maximum absolute atomic E-state index is 12.4. The Hall–Kier alpha value is -3.83. The summed E-state index contributed by atoms with van der Waals surface area (Å²) in [5, 5.41) is 15.4. The Balaban J connectivity index is 1.61. The Kier molecular flexibility index (Phi) is 8.24. The van der Waals surface area contributed by atoms with Crippen molar-refractivity contribution in [1.29, 1.82) is 0 Å². The number of nitrogens with one attached hydrogen (secondary N) is 1. The first-order chi connectivity index (χ1) is 17.5. The number of amides is 1. The number of aromatic nitrogens is 3. The highest BCUT2D eigenvalue weighted by Crippen LogP contribution is 2.41. The molecular weight excluding hydrogens is 498 g/mol. The molecule has 0 atom stereocenters. The third kappa shape index (κ3) is 5.52. The van der Waals surface area contributed by atoms with Gasteiger partial charge in [-0.05, 0) is 48.2 Å². The number of hydrogen-bond acceptors (Lipinski definition) is 9. The van der Waals surface area contributed by atoms with Gasteiger partial charge in [0, 0.05) is 16.1 Å². The second-order valence-corrected chi connectivity index (χ2v) is 9.33. The molecule has 0 aliphatic carbocycles. The van der Waals surface area contributed by atoms with Crippen molar-refractivity contribution in [1.82, 2.24) is 20.2 Å². The topological polar surface area (TPSA) is 99.9 Å². The molecule has 2 aromatic carbocycles. The molecule has 0 bridgehead atoms. The number of rotatable bonds is 10. The molecule has 0 saturated carbocycles. The van der Waals surface area contributed by atoms with E-state index in [-0.39, 0.29) is 11.7 Å². The van der Waals surface area contributed by atoms with E-state index in [1.165, 1.54) is 11.8 Å². The average Bonchev–Trinajstić information content (AvgIpc) is 3.53. The number of methoxy groups -OCH3 is 3. The average molecular weight is 524 g/mol. The van der Waals surface area contributed by atoms with Crippen LogP contribution in [0.5, 0.6) is 17.2 Å². The van der Waals surface area contributed by atoms with Crippen molar-refractivity contribution in [3.63, 3.8) is 0 Å². The summed E-state index contributed by atoms with van der Waals surface area (Å²) >= 11 is 2.83. The summed E-state index contributed by atoms with van der Waals surface area (Å²) in [5.41, 5.74) is 5.25. The van der Waals surface area contributed by atoms with Crippen LogP contribution in [-0.4, -0.2) is 54.0 Å². The lowest BCUT2D eigenvalue weighted by molar-refractivity contribution is -0.118. The number of nitrogens with zero attached hydrogens (tertiary/aromatic N) is 4.